The number of nitrogens with zero attached hydrogens (tertiary/aromatic N) is 4. The minimum atomic E-state index is -4.11. The summed E-state index contributed by atoms with van der Waals surface area (Å²) < 4.78 is 81.3. The van der Waals surface area contributed by atoms with E-state index in [1.807, 2.05) is 11.9 Å². The molecule has 0 unspecified atom stereocenters. The summed E-state index contributed by atoms with van der Waals surface area (Å²) in [6.07, 6.45) is 1.63. The van der Waals surface area contributed by atoms with Gasteiger partial charge in [-0.25, -0.2) is 8.42 Å². The van der Waals surface area contributed by atoms with Crippen LogP contribution in [0.25, 0.3) is 0 Å². The van der Waals surface area contributed by atoms with Crippen molar-refractivity contribution in [3.8, 4) is 0 Å². The third-order valence-corrected chi connectivity index (χ3v) is 8.61. The molecule has 1 aliphatic heterocycles. The van der Waals surface area contributed by atoms with Crippen LogP contribution in [-0.4, -0.2) is 124 Å². The van der Waals surface area contributed by atoms with E-state index in [2.05, 4.69) is 0 Å². The van der Waals surface area contributed by atoms with Gasteiger partial charge in [-0.05, 0) is 13.1 Å². The molecule has 2 rings (SSSR count). The van der Waals surface area contributed by atoms with Gasteiger partial charge in [0, 0.05) is 45.3 Å². The van der Waals surface area contributed by atoms with E-state index < -0.39 is 70.5 Å². The Bertz CT molecular complexity index is 1320. The van der Waals surface area contributed by atoms with Gasteiger partial charge in [0.15, 0.2) is 9.84 Å². The molecule has 0 radical (unpaired) electrons. The number of hydrogen-bond donors (Lipinski definition) is 0. The first-order valence-corrected chi connectivity index (χ1v) is 16.7. The van der Waals surface area contributed by atoms with E-state index in [1.54, 1.807) is 0 Å². The van der Waals surface area contributed by atoms with Gasteiger partial charge in [-0.1, -0.05) is 6.92 Å². The molecular formula is C20H32N4O11S3. The molecule has 0 aromatic heterocycles. The Labute approximate surface area is 222 Å². The molecule has 1 saturated heterocycles. The monoisotopic (exact) mass is 600 g/mol. The lowest BCUT2D eigenvalue weighted by atomic mass is 10.1. The van der Waals surface area contributed by atoms with Gasteiger partial charge in [-0.15, -0.1) is 0 Å². The molecule has 0 spiro atoms. The second-order valence-electron chi connectivity index (χ2n) is 8.63. The molecule has 1 amide bonds. The maximum atomic E-state index is 13.4. The summed E-state index contributed by atoms with van der Waals surface area (Å²) >= 11 is 0. The van der Waals surface area contributed by atoms with Gasteiger partial charge < -0.3 is 14.7 Å². The molecule has 15 nitrogen and oxygen atoms in total. The fraction of sp³-hybridized carbons (Fsp3) is 0.650. The van der Waals surface area contributed by atoms with Crippen molar-refractivity contribution in [2.24, 2.45) is 0 Å². The fourth-order valence-electron chi connectivity index (χ4n) is 3.66. The quantitative estimate of drug-likeness (QED) is 0.161. The van der Waals surface area contributed by atoms with Gasteiger partial charge in [0.25, 0.3) is 31.8 Å². The minimum Gasteiger partial charge on any atom is -0.366 e. The second-order valence-corrected chi connectivity index (χ2v) is 14.2. The van der Waals surface area contributed by atoms with Gasteiger partial charge in [0.1, 0.15) is 5.56 Å². The summed E-state index contributed by atoms with van der Waals surface area (Å²) in [5.41, 5.74) is -1.21. The summed E-state index contributed by atoms with van der Waals surface area (Å²) in [5, 5.41) is 11.9. The number of nitro benzene ring substituents is 1. The largest absolute Gasteiger partial charge is 0.366 e. The summed E-state index contributed by atoms with van der Waals surface area (Å²) in [6.45, 7) is 1.54. The maximum absolute atomic E-state index is 13.4. The number of carbonyl (C=O) groups excluding carboxylic acids is 1. The highest BCUT2D eigenvalue weighted by Gasteiger charge is 2.32. The van der Waals surface area contributed by atoms with E-state index in [9.17, 15) is 40.2 Å². The van der Waals surface area contributed by atoms with E-state index in [-0.39, 0.29) is 24.3 Å². The molecule has 1 aromatic carbocycles. The molecule has 216 valence electrons. The van der Waals surface area contributed by atoms with Crippen molar-refractivity contribution in [2.75, 3.05) is 82.7 Å². The summed E-state index contributed by atoms with van der Waals surface area (Å²) in [6, 6.07) is 1.88. The lowest BCUT2D eigenvalue weighted by Gasteiger charge is -2.33. The number of hydrogen-bond acceptors (Lipinski definition) is 13. The van der Waals surface area contributed by atoms with Crippen LogP contribution in [0.2, 0.25) is 0 Å². The predicted octanol–water partition coefficient (Wildman–Crippen LogP) is -0.465. The van der Waals surface area contributed by atoms with Crippen molar-refractivity contribution in [3.63, 3.8) is 0 Å². The van der Waals surface area contributed by atoms with Crippen LogP contribution in [0.5, 0.6) is 0 Å². The van der Waals surface area contributed by atoms with Gasteiger partial charge in [-0.3, -0.25) is 23.3 Å². The zero-order chi connectivity index (χ0) is 28.9. The molecule has 0 saturated carbocycles. The van der Waals surface area contributed by atoms with Crippen LogP contribution in [0.3, 0.4) is 0 Å². The van der Waals surface area contributed by atoms with E-state index >= 15 is 0 Å². The molecule has 1 fully saturated rings. The zero-order valence-corrected chi connectivity index (χ0v) is 24.0. The number of benzene rings is 1. The van der Waals surface area contributed by atoms with Crippen LogP contribution >= 0.6 is 0 Å². The van der Waals surface area contributed by atoms with Crippen molar-refractivity contribution in [1.29, 1.82) is 0 Å². The first kappa shape index (κ1) is 31.8. The smallest absolute Gasteiger partial charge is 0.283 e. The maximum Gasteiger partial charge on any atom is 0.283 e. The molecule has 0 bridgehead atoms. The van der Waals surface area contributed by atoms with Crippen LogP contribution in [0.1, 0.15) is 17.3 Å². The van der Waals surface area contributed by atoms with Crippen molar-refractivity contribution in [3.05, 3.63) is 27.8 Å². The number of amides is 1. The molecule has 0 atom stereocenters. The SMILES string of the molecule is CCS(=O)(=O)c1cc([N+](=O)[O-])c(C(=O)N2CCN(C)CC2)cc1N(CCOS(C)(=O)=O)CCOS(C)(=O)=O. The fourth-order valence-corrected chi connectivity index (χ4v) is 5.53. The summed E-state index contributed by atoms with van der Waals surface area (Å²) in [5.74, 6) is -1.11. The average molecular weight is 601 g/mol. The molecule has 38 heavy (non-hydrogen) atoms. The number of carbonyl (C=O) groups is 1. The Morgan fingerprint density at radius 3 is 1.89 bits per heavy atom. The first-order valence-electron chi connectivity index (χ1n) is 11.4. The number of sulfone groups is 1. The number of likely N-dealkylation sites (N-methyl/N-ethyl adjacent to an activating group) is 1. The van der Waals surface area contributed by atoms with Crippen LogP contribution in [-0.2, 0) is 38.4 Å². The zero-order valence-electron chi connectivity index (χ0n) is 21.5. The second kappa shape index (κ2) is 12.6. The number of rotatable bonds is 13. The van der Waals surface area contributed by atoms with Gasteiger partial charge >= 0.3 is 0 Å². The lowest BCUT2D eigenvalue weighted by molar-refractivity contribution is -0.385. The molecule has 0 N–H and O–H groups in total. The highest BCUT2D eigenvalue weighted by Crippen LogP contribution is 2.34. The van der Waals surface area contributed by atoms with E-state index in [0.717, 1.165) is 24.6 Å². The number of piperazine rings is 1. The average Bonchev–Trinajstić information content (AvgIpc) is 2.80. The molecule has 1 heterocycles. The van der Waals surface area contributed by atoms with Crippen LogP contribution in [0.4, 0.5) is 11.4 Å². The van der Waals surface area contributed by atoms with Crippen molar-refractivity contribution in [2.45, 2.75) is 11.8 Å². The van der Waals surface area contributed by atoms with Gasteiger partial charge in [0.05, 0.1) is 47.0 Å². The summed E-state index contributed by atoms with van der Waals surface area (Å²) in [7, 11) is -9.99. The summed E-state index contributed by atoms with van der Waals surface area (Å²) in [4.78, 5) is 28.6. The van der Waals surface area contributed by atoms with Crippen molar-refractivity contribution >= 4 is 47.4 Å². The van der Waals surface area contributed by atoms with Gasteiger partial charge in [-0.2, -0.15) is 16.8 Å². The van der Waals surface area contributed by atoms with E-state index in [1.165, 1.54) is 16.7 Å². The molecule has 0 aliphatic carbocycles. The molecule has 1 aromatic rings. The minimum absolute atomic E-state index is 0.149. The van der Waals surface area contributed by atoms with E-state index in [4.69, 9.17) is 8.37 Å². The van der Waals surface area contributed by atoms with Crippen LogP contribution in [0, 0.1) is 10.1 Å². The number of anilines is 1. The third kappa shape index (κ3) is 9.12. The normalized spacial score (nSPS) is 15.4. The third-order valence-electron chi connectivity index (χ3n) is 5.67. The highest BCUT2D eigenvalue weighted by molar-refractivity contribution is 7.91. The highest BCUT2D eigenvalue weighted by atomic mass is 32.2. The van der Waals surface area contributed by atoms with Crippen LogP contribution < -0.4 is 4.90 Å². The van der Waals surface area contributed by atoms with E-state index in [0.29, 0.717) is 26.2 Å². The topological polar surface area (TPSA) is 191 Å². The van der Waals surface area contributed by atoms with Gasteiger partial charge in [0.2, 0.25) is 0 Å². The Kier molecular flexibility index (Phi) is 10.6. The Morgan fingerprint density at radius 2 is 1.47 bits per heavy atom. The Hall–Kier alpha value is -2.38. The Balaban J connectivity index is 2.67. The van der Waals surface area contributed by atoms with Crippen LogP contribution in [0.15, 0.2) is 17.0 Å². The molecular weight excluding hydrogens is 568 g/mol. The predicted molar refractivity (Wildman–Crippen MR) is 138 cm³/mol. The van der Waals surface area contributed by atoms with Crippen molar-refractivity contribution in [1.82, 2.24) is 9.80 Å². The number of nitro groups is 1. The standard InChI is InChI=1S/C20H32N4O11S3/c1-5-38(32,33)19-15-17(24(26)27)16(20(25)23-8-6-21(2)7-9-23)14-18(19)22(10-12-34-36(3,28)29)11-13-35-37(4,30)31/h14-15H,5-13H2,1-4H3. The first-order chi connectivity index (χ1) is 17.4. The Morgan fingerprint density at radius 1 is 0.974 bits per heavy atom. The lowest BCUT2D eigenvalue weighted by Crippen LogP contribution is -2.47. The molecule has 1 aliphatic rings. The molecule has 18 heteroatoms. The van der Waals surface area contributed by atoms with Crippen molar-refractivity contribution < 1.29 is 43.3 Å².